The molecule has 13 heavy (non-hydrogen) atoms. The molecular weight excluding hydrogens is 158 g/mol. The van der Waals surface area contributed by atoms with Crippen molar-refractivity contribution in [2.24, 2.45) is 0 Å². The molecule has 0 aliphatic heterocycles. The summed E-state index contributed by atoms with van der Waals surface area (Å²) < 4.78 is 0. The highest BCUT2D eigenvalue weighted by atomic mass is 14.8. The van der Waals surface area contributed by atoms with Gasteiger partial charge in [0, 0.05) is 11.9 Å². The van der Waals surface area contributed by atoms with Gasteiger partial charge in [-0.1, -0.05) is 24.8 Å². The van der Waals surface area contributed by atoms with Crippen molar-refractivity contribution in [3.8, 4) is 0 Å². The molecule has 1 aromatic carbocycles. The van der Waals surface area contributed by atoms with Crippen LogP contribution >= 0.6 is 0 Å². The second-order valence-electron chi connectivity index (χ2n) is 3.11. The summed E-state index contributed by atoms with van der Waals surface area (Å²) in [5.74, 6) is 0. The van der Waals surface area contributed by atoms with Gasteiger partial charge in [0.1, 0.15) is 0 Å². The van der Waals surface area contributed by atoms with E-state index in [0.29, 0.717) is 0 Å². The Morgan fingerprint density at radius 3 is 2.85 bits per heavy atom. The van der Waals surface area contributed by atoms with Crippen molar-refractivity contribution in [2.75, 3.05) is 5.32 Å². The molecule has 0 aliphatic carbocycles. The van der Waals surface area contributed by atoms with Gasteiger partial charge in [0.25, 0.3) is 0 Å². The Bertz CT molecular complexity index is 324. The van der Waals surface area contributed by atoms with Crippen LogP contribution in [0.3, 0.4) is 0 Å². The average molecular weight is 173 g/mol. The summed E-state index contributed by atoms with van der Waals surface area (Å²) in [7, 11) is 0. The fourth-order valence-electron chi connectivity index (χ4n) is 0.991. The zero-order chi connectivity index (χ0) is 9.68. The highest BCUT2D eigenvalue weighted by Crippen LogP contribution is 2.09. The quantitative estimate of drug-likeness (QED) is 0.690. The summed E-state index contributed by atoms with van der Waals surface area (Å²) in [6.07, 6.45) is 3.77. The molecule has 1 rings (SSSR count). The number of anilines is 1. The van der Waals surface area contributed by atoms with Crippen LogP contribution in [0.2, 0.25) is 0 Å². The molecule has 0 aliphatic rings. The van der Waals surface area contributed by atoms with Gasteiger partial charge >= 0.3 is 0 Å². The Morgan fingerprint density at radius 2 is 2.23 bits per heavy atom. The molecule has 0 saturated heterocycles. The number of nitrogens with one attached hydrogen (secondary N) is 1. The summed E-state index contributed by atoms with van der Waals surface area (Å²) >= 11 is 0. The van der Waals surface area contributed by atoms with Crippen molar-refractivity contribution in [3.05, 3.63) is 54.3 Å². The van der Waals surface area contributed by atoms with Gasteiger partial charge in [-0.05, 0) is 37.1 Å². The molecule has 0 amide bonds. The van der Waals surface area contributed by atoms with E-state index < -0.39 is 0 Å². The number of aryl methyl sites for hydroxylation is 1. The van der Waals surface area contributed by atoms with Crippen LogP contribution in [0, 0.1) is 6.92 Å². The summed E-state index contributed by atoms with van der Waals surface area (Å²) in [4.78, 5) is 0. The van der Waals surface area contributed by atoms with Gasteiger partial charge in [-0.3, -0.25) is 0 Å². The predicted molar refractivity (Wildman–Crippen MR) is 58.8 cm³/mol. The molecule has 1 heteroatoms. The van der Waals surface area contributed by atoms with E-state index in [0.717, 1.165) is 11.3 Å². The zero-order valence-electron chi connectivity index (χ0n) is 8.17. The smallest absolute Gasteiger partial charge is 0.0382 e. The molecule has 0 saturated carbocycles. The monoisotopic (exact) mass is 173 g/mol. The lowest BCUT2D eigenvalue weighted by Gasteiger charge is -2.02. The first-order chi connectivity index (χ1) is 6.22. The van der Waals surface area contributed by atoms with Crippen LogP contribution < -0.4 is 5.32 Å². The van der Waals surface area contributed by atoms with Gasteiger partial charge in [0.05, 0.1) is 0 Å². The zero-order valence-corrected chi connectivity index (χ0v) is 8.17. The number of hydrogen-bond acceptors (Lipinski definition) is 1. The normalized spacial score (nSPS) is 11.1. The lowest BCUT2D eigenvalue weighted by molar-refractivity contribution is 1.43. The van der Waals surface area contributed by atoms with E-state index in [4.69, 9.17) is 0 Å². The third kappa shape index (κ3) is 3.16. The van der Waals surface area contributed by atoms with Gasteiger partial charge in [-0.25, -0.2) is 0 Å². The lowest BCUT2D eigenvalue weighted by Crippen LogP contribution is -1.88. The van der Waals surface area contributed by atoms with Gasteiger partial charge in [0.2, 0.25) is 0 Å². The molecule has 0 unspecified atom stereocenters. The third-order valence-corrected chi connectivity index (χ3v) is 1.81. The number of allylic oxidation sites excluding steroid dienone is 2. The largest absolute Gasteiger partial charge is 0.361 e. The van der Waals surface area contributed by atoms with Gasteiger partial charge in [0.15, 0.2) is 0 Å². The summed E-state index contributed by atoms with van der Waals surface area (Å²) in [5, 5.41) is 3.20. The highest BCUT2D eigenvalue weighted by molar-refractivity contribution is 5.48. The Labute approximate surface area is 79.8 Å². The SMILES string of the molecule is C=C/C(C)=C\Nc1cccc(C)c1. The van der Waals surface area contributed by atoms with Crippen LogP contribution in [0.4, 0.5) is 5.69 Å². The fraction of sp³-hybridized carbons (Fsp3) is 0.167. The van der Waals surface area contributed by atoms with Crippen LogP contribution in [0.25, 0.3) is 0 Å². The molecule has 0 radical (unpaired) electrons. The van der Waals surface area contributed by atoms with E-state index in [1.165, 1.54) is 5.56 Å². The summed E-state index contributed by atoms with van der Waals surface area (Å²) in [5.41, 5.74) is 3.50. The van der Waals surface area contributed by atoms with E-state index in [1.54, 1.807) is 0 Å². The first kappa shape index (κ1) is 9.59. The van der Waals surface area contributed by atoms with Crippen molar-refractivity contribution < 1.29 is 0 Å². The van der Waals surface area contributed by atoms with E-state index in [-0.39, 0.29) is 0 Å². The van der Waals surface area contributed by atoms with Crippen LogP contribution in [0.5, 0.6) is 0 Å². The van der Waals surface area contributed by atoms with Gasteiger partial charge in [-0.2, -0.15) is 0 Å². The van der Waals surface area contributed by atoms with Crippen LogP contribution in [0.1, 0.15) is 12.5 Å². The summed E-state index contributed by atoms with van der Waals surface area (Å²) in [6, 6.07) is 8.26. The van der Waals surface area contributed by atoms with Gasteiger partial charge in [-0.15, -0.1) is 0 Å². The van der Waals surface area contributed by atoms with Crippen molar-refractivity contribution in [1.29, 1.82) is 0 Å². The Morgan fingerprint density at radius 1 is 1.46 bits per heavy atom. The Balaban J connectivity index is 2.70. The molecule has 1 N–H and O–H groups in total. The highest BCUT2D eigenvalue weighted by Gasteiger charge is 1.88. The van der Waals surface area contributed by atoms with Crippen molar-refractivity contribution >= 4 is 5.69 Å². The molecule has 1 nitrogen and oxygen atoms in total. The fourth-order valence-corrected chi connectivity index (χ4v) is 0.991. The third-order valence-electron chi connectivity index (χ3n) is 1.81. The van der Waals surface area contributed by atoms with Crippen LogP contribution in [0.15, 0.2) is 48.7 Å². The average Bonchev–Trinajstić information content (AvgIpc) is 2.14. The maximum absolute atomic E-state index is 3.68. The Kier molecular flexibility index (Phi) is 3.32. The molecule has 0 atom stereocenters. The van der Waals surface area contributed by atoms with Crippen molar-refractivity contribution in [3.63, 3.8) is 0 Å². The topological polar surface area (TPSA) is 12.0 Å². The molecule has 0 fully saturated rings. The van der Waals surface area contributed by atoms with Gasteiger partial charge < -0.3 is 5.32 Å². The number of hydrogen-bond donors (Lipinski definition) is 1. The molecule has 1 aromatic rings. The molecule has 0 aromatic heterocycles. The maximum Gasteiger partial charge on any atom is 0.0382 e. The van der Waals surface area contributed by atoms with Crippen LogP contribution in [-0.2, 0) is 0 Å². The number of benzene rings is 1. The van der Waals surface area contributed by atoms with E-state index in [2.05, 4.69) is 31.0 Å². The lowest BCUT2D eigenvalue weighted by atomic mass is 10.2. The van der Waals surface area contributed by atoms with E-state index in [9.17, 15) is 0 Å². The minimum absolute atomic E-state index is 1.11. The summed E-state index contributed by atoms with van der Waals surface area (Å²) in [6.45, 7) is 7.77. The maximum atomic E-state index is 3.68. The van der Waals surface area contributed by atoms with E-state index >= 15 is 0 Å². The molecule has 68 valence electrons. The molecule has 0 spiro atoms. The Hall–Kier alpha value is -1.50. The van der Waals surface area contributed by atoms with Crippen molar-refractivity contribution in [2.45, 2.75) is 13.8 Å². The van der Waals surface area contributed by atoms with Crippen LogP contribution in [-0.4, -0.2) is 0 Å². The predicted octanol–water partition coefficient (Wildman–Crippen LogP) is 3.50. The minimum atomic E-state index is 1.11. The minimum Gasteiger partial charge on any atom is -0.361 e. The molecular formula is C12H15N. The first-order valence-electron chi connectivity index (χ1n) is 4.35. The molecule has 0 heterocycles. The molecule has 0 bridgehead atoms. The second kappa shape index (κ2) is 4.51. The van der Waals surface area contributed by atoms with E-state index in [1.807, 2.05) is 31.3 Å². The van der Waals surface area contributed by atoms with Crippen molar-refractivity contribution in [1.82, 2.24) is 0 Å². The first-order valence-corrected chi connectivity index (χ1v) is 4.35. The standard InChI is InChI=1S/C12H15N/c1-4-10(2)9-13-12-7-5-6-11(3)8-12/h4-9,13H,1H2,2-3H3/b10-9-. The second-order valence-corrected chi connectivity index (χ2v) is 3.11. The number of rotatable bonds is 3.